The fourth-order valence-corrected chi connectivity index (χ4v) is 1.82. The van der Waals surface area contributed by atoms with Crippen LogP contribution in [0.2, 0.25) is 0 Å². The Labute approximate surface area is 95.4 Å². The van der Waals surface area contributed by atoms with Gasteiger partial charge in [0.2, 0.25) is 6.08 Å². The molecule has 1 fully saturated rings. The average Bonchev–Trinajstić information content (AvgIpc) is 2.68. The number of allylic oxidation sites excluding steroid dienone is 1. The summed E-state index contributed by atoms with van der Waals surface area (Å²) in [5, 5.41) is 0. The van der Waals surface area contributed by atoms with E-state index in [1.54, 1.807) is 19.9 Å². The van der Waals surface area contributed by atoms with Crippen LogP contribution in [0.1, 0.15) is 39.5 Å². The minimum Gasteiger partial charge on any atom is -0.458 e. The zero-order chi connectivity index (χ0) is 12.0. The summed E-state index contributed by atoms with van der Waals surface area (Å²) in [6.45, 7) is 3.52. The van der Waals surface area contributed by atoms with E-state index in [0.29, 0.717) is 5.92 Å². The highest BCUT2D eigenvalue weighted by molar-refractivity contribution is 5.89. The summed E-state index contributed by atoms with van der Waals surface area (Å²) in [5.41, 5.74) is 0.0931. The first kappa shape index (κ1) is 12.7. The highest BCUT2D eigenvalue weighted by Crippen LogP contribution is 2.27. The van der Waals surface area contributed by atoms with Gasteiger partial charge in [-0.25, -0.2) is 9.59 Å². The number of hydrogen-bond acceptors (Lipinski definition) is 4. The van der Waals surface area contributed by atoms with Crippen LogP contribution in [0.4, 0.5) is 0 Å². The molecule has 1 aliphatic rings. The summed E-state index contributed by atoms with van der Waals surface area (Å²) in [6, 6.07) is 0. The minimum atomic E-state index is -0.537. The van der Waals surface area contributed by atoms with Gasteiger partial charge in [-0.3, -0.25) is 0 Å². The lowest BCUT2D eigenvalue weighted by atomic mass is 10.1. The quantitative estimate of drug-likeness (QED) is 0.318. The predicted octanol–water partition coefficient (Wildman–Crippen LogP) is 2.35. The van der Waals surface area contributed by atoms with Crippen molar-refractivity contribution in [3.05, 3.63) is 11.8 Å². The van der Waals surface area contributed by atoms with E-state index >= 15 is 0 Å². The highest BCUT2D eigenvalue weighted by atomic mass is 16.5. The fourth-order valence-electron chi connectivity index (χ4n) is 1.82. The third kappa shape index (κ3) is 3.99. The van der Waals surface area contributed by atoms with Crippen molar-refractivity contribution in [3.63, 3.8) is 0 Å². The molecule has 16 heavy (non-hydrogen) atoms. The molecule has 4 heteroatoms. The summed E-state index contributed by atoms with van der Waals surface area (Å²) in [6.07, 6.45) is 7.36. The van der Waals surface area contributed by atoms with Crippen LogP contribution in [0.3, 0.4) is 0 Å². The third-order valence-electron chi connectivity index (χ3n) is 2.51. The second kappa shape index (κ2) is 6.23. The molecule has 0 aliphatic heterocycles. The van der Waals surface area contributed by atoms with Crippen LogP contribution in [0.25, 0.3) is 0 Å². The molecular formula is C12H17NO3. The molecule has 0 bridgehead atoms. The van der Waals surface area contributed by atoms with Crippen molar-refractivity contribution < 1.29 is 14.3 Å². The Hall–Kier alpha value is -1.41. The lowest BCUT2D eigenvalue weighted by Gasteiger charge is -2.08. The molecule has 0 heterocycles. The van der Waals surface area contributed by atoms with E-state index in [9.17, 15) is 9.59 Å². The summed E-state index contributed by atoms with van der Waals surface area (Å²) in [7, 11) is 0. The van der Waals surface area contributed by atoms with Crippen molar-refractivity contribution >= 4 is 12.0 Å². The lowest BCUT2D eigenvalue weighted by molar-refractivity contribution is -0.142. The van der Waals surface area contributed by atoms with Crippen molar-refractivity contribution in [1.82, 2.24) is 0 Å². The Balaban J connectivity index is 2.72. The summed E-state index contributed by atoms with van der Waals surface area (Å²) in [5.74, 6) is -0.197. The highest BCUT2D eigenvalue weighted by Gasteiger charge is 2.18. The molecule has 0 unspecified atom stereocenters. The van der Waals surface area contributed by atoms with Crippen LogP contribution in [-0.4, -0.2) is 18.2 Å². The van der Waals surface area contributed by atoms with Crippen LogP contribution in [0.5, 0.6) is 0 Å². The molecule has 88 valence electrons. The van der Waals surface area contributed by atoms with Crippen molar-refractivity contribution in [2.24, 2.45) is 10.9 Å². The van der Waals surface area contributed by atoms with Gasteiger partial charge in [0.1, 0.15) is 0 Å². The Morgan fingerprint density at radius 2 is 2.06 bits per heavy atom. The van der Waals surface area contributed by atoms with E-state index in [4.69, 9.17) is 4.74 Å². The molecule has 1 aliphatic carbocycles. The van der Waals surface area contributed by atoms with Gasteiger partial charge in [0.05, 0.1) is 6.10 Å². The van der Waals surface area contributed by atoms with E-state index in [1.165, 1.54) is 18.9 Å². The maximum absolute atomic E-state index is 11.6. The molecule has 0 aromatic rings. The van der Waals surface area contributed by atoms with Gasteiger partial charge in [-0.1, -0.05) is 12.8 Å². The van der Waals surface area contributed by atoms with Gasteiger partial charge < -0.3 is 4.74 Å². The number of nitrogens with zero attached hydrogens (tertiary/aromatic N) is 1. The van der Waals surface area contributed by atoms with E-state index in [2.05, 4.69) is 4.99 Å². The second-order valence-corrected chi connectivity index (χ2v) is 4.25. The van der Waals surface area contributed by atoms with Gasteiger partial charge in [0.25, 0.3) is 0 Å². The molecule has 0 spiro atoms. The number of rotatable bonds is 4. The number of ether oxygens (including phenoxy) is 1. The molecule has 4 nitrogen and oxygen atoms in total. The Morgan fingerprint density at radius 3 is 2.56 bits per heavy atom. The van der Waals surface area contributed by atoms with E-state index in [1.807, 2.05) is 0 Å². The number of esters is 1. The van der Waals surface area contributed by atoms with E-state index in [0.717, 1.165) is 12.8 Å². The van der Waals surface area contributed by atoms with Crippen LogP contribution in [0.15, 0.2) is 16.8 Å². The Bertz CT molecular complexity index is 321. The number of hydrogen-bond donors (Lipinski definition) is 0. The maximum atomic E-state index is 11.6. The predicted molar refractivity (Wildman–Crippen MR) is 59.4 cm³/mol. The van der Waals surface area contributed by atoms with Crippen molar-refractivity contribution in [3.8, 4) is 0 Å². The molecule has 0 aromatic heterocycles. The van der Waals surface area contributed by atoms with Gasteiger partial charge in [-0.2, -0.15) is 4.99 Å². The van der Waals surface area contributed by atoms with Crippen molar-refractivity contribution in [2.45, 2.75) is 45.6 Å². The number of aliphatic imine (C=N–C) groups is 1. The average molecular weight is 223 g/mol. The van der Waals surface area contributed by atoms with Crippen LogP contribution >= 0.6 is 0 Å². The molecule has 0 radical (unpaired) electrons. The first-order chi connectivity index (χ1) is 7.63. The Morgan fingerprint density at radius 1 is 1.44 bits per heavy atom. The normalized spacial score (nSPS) is 17.3. The molecule has 0 saturated heterocycles. The third-order valence-corrected chi connectivity index (χ3v) is 2.51. The van der Waals surface area contributed by atoms with E-state index in [-0.39, 0.29) is 11.8 Å². The van der Waals surface area contributed by atoms with Gasteiger partial charge >= 0.3 is 5.97 Å². The van der Waals surface area contributed by atoms with Crippen LogP contribution < -0.4 is 0 Å². The lowest BCUT2D eigenvalue weighted by Crippen LogP contribution is -2.13. The summed E-state index contributed by atoms with van der Waals surface area (Å²) < 4.78 is 5.00. The van der Waals surface area contributed by atoms with Gasteiger partial charge in [0.15, 0.2) is 5.70 Å². The number of carbonyl (C=O) groups is 1. The van der Waals surface area contributed by atoms with Crippen LogP contribution in [-0.2, 0) is 14.3 Å². The first-order valence-electron chi connectivity index (χ1n) is 5.64. The SMILES string of the molecule is CC(C)OC(=O)/C(=C/C1CCCC1)N=C=O. The second-order valence-electron chi connectivity index (χ2n) is 4.25. The summed E-state index contributed by atoms with van der Waals surface area (Å²) in [4.78, 5) is 25.2. The molecule has 0 amide bonds. The molecule has 1 rings (SSSR count). The number of isocyanates is 1. The standard InChI is InChI=1S/C12H17NO3/c1-9(2)16-12(15)11(13-8-14)7-10-5-3-4-6-10/h7,9-10H,3-6H2,1-2H3/b11-7-. The van der Waals surface area contributed by atoms with Crippen molar-refractivity contribution in [1.29, 1.82) is 0 Å². The zero-order valence-electron chi connectivity index (χ0n) is 9.73. The number of carbonyl (C=O) groups excluding carboxylic acids is 2. The minimum absolute atomic E-state index is 0.0931. The fraction of sp³-hybridized carbons (Fsp3) is 0.667. The molecule has 0 atom stereocenters. The molecule has 1 saturated carbocycles. The van der Waals surface area contributed by atoms with Gasteiger partial charge in [-0.15, -0.1) is 0 Å². The van der Waals surface area contributed by atoms with Gasteiger partial charge in [-0.05, 0) is 38.7 Å². The maximum Gasteiger partial charge on any atom is 0.357 e. The monoisotopic (exact) mass is 223 g/mol. The smallest absolute Gasteiger partial charge is 0.357 e. The van der Waals surface area contributed by atoms with Crippen LogP contribution in [0, 0.1) is 5.92 Å². The van der Waals surface area contributed by atoms with Gasteiger partial charge in [0, 0.05) is 0 Å². The molecule has 0 aromatic carbocycles. The molecular weight excluding hydrogens is 206 g/mol. The summed E-state index contributed by atoms with van der Waals surface area (Å²) >= 11 is 0. The largest absolute Gasteiger partial charge is 0.458 e. The topological polar surface area (TPSA) is 55.7 Å². The Kier molecular flexibility index (Phi) is 4.93. The zero-order valence-corrected chi connectivity index (χ0v) is 9.73. The molecule has 0 N–H and O–H groups in total. The van der Waals surface area contributed by atoms with Crippen molar-refractivity contribution in [2.75, 3.05) is 0 Å². The first-order valence-corrected chi connectivity index (χ1v) is 5.64. The van der Waals surface area contributed by atoms with E-state index < -0.39 is 5.97 Å².